The molecule has 2 aliphatic rings. The van der Waals surface area contributed by atoms with Gasteiger partial charge in [-0.1, -0.05) is 12.8 Å². The minimum absolute atomic E-state index is 0.0464. The lowest BCUT2D eigenvalue weighted by atomic mass is 9.85. The van der Waals surface area contributed by atoms with Crippen molar-refractivity contribution in [3.8, 4) is 0 Å². The summed E-state index contributed by atoms with van der Waals surface area (Å²) in [4.78, 5) is 2.49. The summed E-state index contributed by atoms with van der Waals surface area (Å²) in [6.07, 6.45) is 6.91. The number of hydrogen-bond acceptors (Lipinski definition) is 4. The number of ether oxygens (including phenoxy) is 1. The molecule has 0 spiro atoms. The lowest BCUT2D eigenvalue weighted by Crippen LogP contribution is -2.54. The Balaban J connectivity index is 1.68. The van der Waals surface area contributed by atoms with Crippen molar-refractivity contribution in [2.45, 2.75) is 38.3 Å². The van der Waals surface area contributed by atoms with E-state index in [1.807, 2.05) is 12.1 Å². The molecule has 0 amide bonds. The summed E-state index contributed by atoms with van der Waals surface area (Å²) in [5.74, 6) is 1.01. The fourth-order valence-electron chi connectivity index (χ4n) is 3.24. The van der Waals surface area contributed by atoms with E-state index in [1.165, 1.54) is 25.7 Å². The number of furan rings is 1. The third kappa shape index (κ3) is 2.86. The van der Waals surface area contributed by atoms with Gasteiger partial charge in [0.15, 0.2) is 0 Å². The van der Waals surface area contributed by atoms with E-state index in [-0.39, 0.29) is 12.0 Å². The molecule has 4 heteroatoms. The minimum Gasteiger partial charge on any atom is -0.468 e. The third-order valence-corrected chi connectivity index (χ3v) is 4.47. The molecule has 4 nitrogen and oxygen atoms in total. The molecule has 1 saturated heterocycles. The van der Waals surface area contributed by atoms with Crippen molar-refractivity contribution in [1.29, 1.82) is 0 Å². The molecule has 1 N–H and O–H groups in total. The molecule has 2 fully saturated rings. The number of nitrogens with zero attached hydrogens (tertiary/aromatic N) is 1. The number of rotatable bonds is 6. The maximum atomic E-state index is 9.62. The van der Waals surface area contributed by atoms with Crippen LogP contribution in [0.1, 0.15) is 31.4 Å². The average molecular weight is 265 g/mol. The molecule has 1 aliphatic heterocycles. The Kier molecular flexibility index (Phi) is 3.91. The fourth-order valence-corrected chi connectivity index (χ4v) is 3.24. The normalized spacial score (nSPS) is 22.8. The molecule has 2 heterocycles. The van der Waals surface area contributed by atoms with E-state index in [1.54, 1.807) is 6.26 Å². The van der Waals surface area contributed by atoms with Gasteiger partial charge in [-0.2, -0.15) is 0 Å². The van der Waals surface area contributed by atoms with Gasteiger partial charge in [0.25, 0.3) is 0 Å². The van der Waals surface area contributed by atoms with Gasteiger partial charge in [0.2, 0.25) is 0 Å². The third-order valence-electron chi connectivity index (χ3n) is 4.47. The zero-order valence-corrected chi connectivity index (χ0v) is 11.4. The van der Waals surface area contributed by atoms with Gasteiger partial charge in [-0.15, -0.1) is 0 Å². The topological polar surface area (TPSA) is 45.8 Å². The van der Waals surface area contributed by atoms with Gasteiger partial charge in [-0.25, -0.2) is 0 Å². The van der Waals surface area contributed by atoms with Crippen LogP contribution in [0.15, 0.2) is 22.8 Å². The quantitative estimate of drug-likeness (QED) is 0.855. The highest BCUT2D eigenvalue weighted by Crippen LogP contribution is 2.32. The van der Waals surface area contributed by atoms with E-state index in [0.717, 1.165) is 18.8 Å². The summed E-state index contributed by atoms with van der Waals surface area (Å²) in [5.41, 5.74) is -0.0464. The van der Waals surface area contributed by atoms with Crippen LogP contribution in [-0.2, 0) is 11.3 Å². The summed E-state index contributed by atoms with van der Waals surface area (Å²) < 4.78 is 10.8. The van der Waals surface area contributed by atoms with Crippen molar-refractivity contribution in [2.24, 2.45) is 5.41 Å². The van der Waals surface area contributed by atoms with Crippen LogP contribution in [0.3, 0.4) is 0 Å². The lowest BCUT2D eigenvalue weighted by molar-refractivity contribution is -0.152. The Labute approximate surface area is 114 Å². The Morgan fingerprint density at radius 2 is 2.11 bits per heavy atom. The van der Waals surface area contributed by atoms with Crippen LogP contribution < -0.4 is 0 Å². The van der Waals surface area contributed by atoms with E-state index < -0.39 is 0 Å². The lowest BCUT2D eigenvalue weighted by Gasteiger charge is -2.44. The molecular formula is C15H23NO3. The second-order valence-corrected chi connectivity index (χ2v) is 6.07. The molecule has 1 saturated carbocycles. The van der Waals surface area contributed by atoms with Gasteiger partial charge < -0.3 is 14.3 Å². The fraction of sp³-hybridized carbons (Fsp3) is 0.733. The first-order chi connectivity index (χ1) is 9.31. The first-order valence-corrected chi connectivity index (χ1v) is 7.26. The predicted molar refractivity (Wildman–Crippen MR) is 71.7 cm³/mol. The largest absolute Gasteiger partial charge is 0.468 e. The van der Waals surface area contributed by atoms with Gasteiger partial charge in [-0.05, 0) is 25.0 Å². The molecule has 1 aliphatic carbocycles. The number of hydrogen-bond donors (Lipinski definition) is 1. The number of aliphatic hydroxyl groups excluding tert-OH is 1. The maximum absolute atomic E-state index is 9.62. The van der Waals surface area contributed by atoms with Gasteiger partial charge in [0.05, 0.1) is 38.0 Å². The van der Waals surface area contributed by atoms with Crippen LogP contribution in [0.2, 0.25) is 0 Å². The Bertz CT molecular complexity index is 375. The van der Waals surface area contributed by atoms with Gasteiger partial charge in [0.1, 0.15) is 5.76 Å². The van der Waals surface area contributed by atoms with Crippen LogP contribution in [-0.4, -0.2) is 42.4 Å². The molecule has 0 aromatic carbocycles. The van der Waals surface area contributed by atoms with E-state index in [4.69, 9.17) is 9.15 Å². The molecule has 0 unspecified atom stereocenters. The average Bonchev–Trinajstić information content (AvgIpc) is 3.04. The Morgan fingerprint density at radius 3 is 2.63 bits per heavy atom. The van der Waals surface area contributed by atoms with Crippen molar-refractivity contribution < 1.29 is 14.3 Å². The molecule has 1 aromatic rings. The van der Waals surface area contributed by atoms with Crippen LogP contribution in [0.25, 0.3) is 0 Å². The molecule has 3 rings (SSSR count). The smallest absolute Gasteiger partial charge is 0.117 e. The molecular weight excluding hydrogens is 242 g/mol. The van der Waals surface area contributed by atoms with Gasteiger partial charge in [0, 0.05) is 12.6 Å². The van der Waals surface area contributed by atoms with Crippen LogP contribution in [0.4, 0.5) is 0 Å². The van der Waals surface area contributed by atoms with Crippen LogP contribution in [0.5, 0.6) is 0 Å². The summed E-state index contributed by atoms with van der Waals surface area (Å²) in [6, 6.07) is 4.61. The Hall–Kier alpha value is -0.840. The van der Waals surface area contributed by atoms with E-state index in [0.29, 0.717) is 19.3 Å². The maximum Gasteiger partial charge on any atom is 0.117 e. The summed E-state index contributed by atoms with van der Waals surface area (Å²) in [7, 11) is 0. The van der Waals surface area contributed by atoms with Crippen molar-refractivity contribution in [2.75, 3.05) is 26.4 Å². The first-order valence-electron chi connectivity index (χ1n) is 7.26. The van der Waals surface area contributed by atoms with E-state index in [9.17, 15) is 5.11 Å². The van der Waals surface area contributed by atoms with Crippen molar-refractivity contribution >= 4 is 0 Å². The Morgan fingerprint density at radius 1 is 1.32 bits per heavy atom. The highest BCUT2D eigenvalue weighted by Gasteiger charge is 2.41. The van der Waals surface area contributed by atoms with Gasteiger partial charge in [-0.3, -0.25) is 4.90 Å². The zero-order chi connectivity index (χ0) is 13.1. The second-order valence-electron chi connectivity index (χ2n) is 6.07. The number of aliphatic hydroxyl groups is 1. The van der Waals surface area contributed by atoms with Crippen molar-refractivity contribution in [3.63, 3.8) is 0 Å². The predicted octanol–water partition coefficient (Wildman–Crippen LogP) is 2.03. The van der Waals surface area contributed by atoms with Crippen molar-refractivity contribution in [3.05, 3.63) is 24.2 Å². The van der Waals surface area contributed by atoms with E-state index in [2.05, 4.69) is 4.90 Å². The molecule has 19 heavy (non-hydrogen) atoms. The molecule has 0 atom stereocenters. The second kappa shape index (κ2) is 5.65. The van der Waals surface area contributed by atoms with Crippen LogP contribution in [0, 0.1) is 5.41 Å². The molecule has 0 radical (unpaired) electrons. The standard InChI is InChI=1S/C15H23NO3/c17-10-15(11-18-12-15)9-16(13-4-1-2-5-13)8-14-6-3-7-19-14/h3,6-7,13,17H,1-2,4-5,8-12H2. The molecule has 0 bridgehead atoms. The highest BCUT2D eigenvalue weighted by molar-refractivity contribution is 5.00. The highest BCUT2D eigenvalue weighted by atomic mass is 16.5. The van der Waals surface area contributed by atoms with Crippen LogP contribution >= 0.6 is 0 Å². The summed E-state index contributed by atoms with van der Waals surface area (Å²) in [5, 5.41) is 9.62. The zero-order valence-electron chi connectivity index (χ0n) is 11.4. The molecule has 1 aromatic heterocycles. The van der Waals surface area contributed by atoms with E-state index >= 15 is 0 Å². The summed E-state index contributed by atoms with van der Waals surface area (Å²) in [6.45, 7) is 3.35. The van der Waals surface area contributed by atoms with Gasteiger partial charge >= 0.3 is 0 Å². The monoisotopic (exact) mass is 265 g/mol. The SMILES string of the molecule is OCC1(CN(Cc2ccco2)C2CCCC2)COC1. The summed E-state index contributed by atoms with van der Waals surface area (Å²) >= 11 is 0. The first kappa shape index (κ1) is 13.2. The minimum atomic E-state index is -0.0464. The van der Waals surface area contributed by atoms with Crippen molar-refractivity contribution in [1.82, 2.24) is 4.90 Å². The molecule has 106 valence electrons.